The van der Waals surface area contributed by atoms with Crippen LogP contribution >= 0.6 is 27.7 Å². The summed E-state index contributed by atoms with van der Waals surface area (Å²) in [6.07, 6.45) is 0. The second-order valence-corrected chi connectivity index (χ2v) is 7.75. The number of carbonyl (C=O) groups excluding carboxylic acids is 1. The molecule has 26 heavy (non-hydrogen) atoms. The first-order chi connectivity index (χ1) is 12.5. The first-order valence-electron chi connectivity index (χ1n) is 8.03. The molecule has 0 aliphatic heterocycles. The Morgan fingerprint density at radius 3 is 2.69 bits per heavy atom. The van der Waals surface area contributed by atoms with Gasteiger partial charge in [-0.2, -0.15) is 0 Å². The normalized spacial score (nSPS) is 10.7. The summed E-state index contributed by atoms with van der Waals surface area (Å²) in [6, 6.07) is 15.8. The lowest BCUT2D eigenvalue weighted by atomic mass is 10.1. The molecule has 0 N–H and O–H groups in total. The zero-order valence-corrected chi connectivity index (χ0v) is 16.9. The zero-order valence-electron chi connectivity index (χ0n) is 14.5. The van der Waals surface area contributed by atoms with Gasteiger partial charge in [0, 0.05) is 23.6 Å². The van der Waals surface area contributed by atoms with Crippen LogP contribution in [0.3, 0.4) is 0 Å². The third-order valence-corrected chi connectivity index (χ3v) is 5.08. The summed E-state index contributed by atoms with van der Waals surface area (Å²) < 4.78 is 6.67. The molecule has 1 aromatic heterocycles. The Labute approximate surface area is 164 Å². The van der Waals surface area contributed by atoms with E-state index in [1.807, 2.05) is 55.5 Å². The Bertz CT molecular complexity index is 896. The highest BCUT2D eigenvalue weighted by Crippen LogP contribution is 2.24. The summed E-state index contributed by atoms with van der Waals surface area (Å²) in [4.78, 5) is 14.0. The number of halogens is 1. The fraction of sp³-hybridized carbons (Fsp3) is 0.211. The number of aromatic nitrogens is 2. The Balaban J connectivity index is 1.55. The molecular formula is C19H18BrN3O2S. The van der Waals surface area contributed by atoms with Crippen molar-refractivity contribution < 1.29 is 9.21 Å². The predicted molar refractivity (Wildman–Crippen MR) is 106 cm³/mol. The fourth-order valence-electron chi connectivity index (χ4n) is 2.35. The minimum Gasteiger partial charge on any atom is -0.411 e. The van der Waals surface area contributed by atoms with Crippen LogP contribution in [0.15, 0.2) is 62.6 Å². The van der Waals surface area contributed by atoms with E-state index < -0.39 is 0 Å². The molecule has 0 radical (unpaired) electrons. The summed E-state index contributed by atoms with van der Waals surface area (Å²) in [5, 5.41) is 8.47. The number of hydrogen-bond donors (Lipinski definition) is 0. The van der Waals surface area contributed by atoms with Gasteiger partial charge in [0.2, 0.25) is 11.8 Å². The average Bonchev–Trinajstić information content (AvgIpc) is 3.10. The highest BCUT2D eigenvalue weighted by Gasteiger charge is 2.14. The zero-order chi connectivity index (χ0) is 18.5. The van der Waals surface area contributed by atoms with Gasteiger partial charge >= 0.3 is 0 Å². The Kier molecular flexibility index (Phi) is 6.11. The van der Waals surface area contributed by atoms with Crippen molar-refractivity contribution in [2.24, 2.45) is 0 Å². The smallest absolute Gasteiger partial charge is 0.277 e. The molecule has 1 heterocycles. The van der Waals surface area contributed by atoms with E-state index in [1.165, 1.54) is 11.8 Å². The number of amides is 1. The van der Waals surface area contributed by atoms with E-state index in [4.69, 9.17) is 4.42 Å². The molecule has 0 saturated carbocycles. The van der Waals surface area contributed by atoms with Crippen molar-refractivity contribution in [1.29, 1.82) is 0 Å². The van der Waals surface area contributed by atoms with E-state index >= 15 is 0 Å². The largest absolute Gasteiger partial charge is 0.411 e. The van der Waals surface area contributed by atoms with Gasteiger partial charge in [0.25, 0.3) is 5.22 Å². The highest BCUT2D eigenvalue weighted by atomic mass is 79.9. The molecule has 5 nitrogen and oxygen atoms in total. The SMILES string of the molecule is Cc1cccc(-c2nnc(SCC(=O)N(C)Cc3ccc(Br)cc3)o2)c1. The van der Waals surface area contributed by atoms with Gasteiger partial charge in [0.15, 0.2) is 0 Å². The molecule has 2 aromatic carbocycles. The molecule has 0 unspecified atom stereocenters. The molecule has 7 heteroatoms. The van der Waals surface area contributed by atoms with Crippen molar-refractivity contribution in [3.8, 4) is 11.5 Å². The number of nitrogens with zero attached hydrogens (tertiary/aromatic N) is 3. The molecule has 0 bridgehead atoms. The topological polar surface area (TPSA) is 59.2 Å². The van der Waals surface area contributed by atoms with Gasteiger partial charge in [-0.3, -0.25) is 4.79 Å². The van der Waals surface area contributed by atoms with E-state index in [2.05, 4.69) is 26.1 Å². The predicted octanol–water partition coefficient (Wildman–Crippen LogP) is 4.56. The maximum atomic E-state index is 12.3. The van der Waals surface area contributed by atoms with Crippen molar-refractivity contribution in [3.05, 3.63) is 64.1 Å². The van der Waals surface area contributed by atoms with Crippen molar-refractivity contribution in [2.75, 3.05) is 12.8 Å². The molecule has 0 fully saturated rings. The number of carbonyl (C=O) groups is 1. The maximum absolute atomic E-state index is 12.3. The third-order valence-electron chi connectivity index (χ3n) is 3.75. The standard InChI is InChI=1S/C19H18BrN3O2S/c1-13-4-3-5-15(10-13)18-21-22-19(25-18)26-12-17(24)23(2)11-14-6-8-16(20)9-7-14/h3-10H,11-12H2,1-2H3. The van der Waals surface area contributed by atoms with Gasteiger partial charge in [-0.05, 0) is 36.8 Å². The molecule has 0 saturated heterocycles. The number of hydrogen-bond acceptors (Lipinski definition) is 5. The molecule has 0 atom stereocenters. The van der Waals surface area contributed by atoms with Crippen molar-refractivity contribution in [2.45, 2.75) is 18.7 Å². The molecule has 0 aliphatic rings. The van der Waals surface area contributed by atoms with Crippen LogP contribution in [0, 0.1) is 6.92 Å². The third kappa shape index (κ3) is 4.95. The van der Waals surface area contributed by atoms with Crippen molar-refractivity contribution in [3.63, 3.8) is 0 Å². The van der Waals surface area contributed by atoms with Crippen LogP contribution < -0.4 is 0 Å². The maximum Gasteiger partial charge on any atom is 0.277 e. The lowest BCUT2D eigenvalue weighted by molar-refractivity contribution is -0.127. The van der Waals surface area contributed by atoms with Gasteiger partial charge in [-0.15, -0.1) is 10.2 Å². The summed E-state index contributed by atoms with van der Waals surface area (Å²) in [6.45, 7) is 2.57. The first-order valence-corrected chi connectivity index (χ1v) is 9.81. The van der Waals surface area contributed by atoms with E-state index in [9.17, 15) is 4.79 Å². The molecular weight excluding hydrogens is 414 g/mol. The van der Waals surface area contributed by atoms with Crippen LogP contribution in [0.5, 0.6) is 0 Å². The molecule has 3 rings (SSSR count). The van der Waals surface area contributed by atoms with Gasteiger partial charge in [-0.1, -0.05) is 57.5 Å². The number of thioether (sulfide) groups is 1. The Hall–Kier alpha value is -2.12. The second kappa shape index (κ2) is 8.51. The quantitative estimate of drug-likeness (QED) is 0.535. The summed E-state index contributed by atoms with van der Waals surface area (Å²) in [5.41, 5.74) is 3.08. The molecule has 1 amide bonds. The van der Waals surface area contributed by atoms with E-state index in [1.54, 1.807) is 11.9 Å². The van der Waals surface area contributed by atoms with E-state index in [0.29, 0.717) is 17.7 Å². The van der Waals surface area contributed by atoms with E-state index in [-0.39, 0.29) is 11.7 Å². The minimum absolute atomic E-state index is 0.00762. The number of rotatable bonds is 6. The van der Waals surface area contributed by atoms with Gasteiger partial charge in [-0.25, -0.2) is 0 Å². The first kappa shape index (κ1) is 18.7. The highest BCUT2D eigenvalue weighted by molar-refractivity contribution is 9.10. The molecule has 0 aliphatic carbocycles. The molecule has 0 spiro atoms. The van der Waals surface area contributed by atoms with Gasteiger partial charge < -0.3 is 9.32 Å². The van der Waals surface area contributed by atoms with Crippen LogP contribution in [0.2, 0.25) is 0 Å². The van der Waals surface area contributed by atoms with E-state index in [0.717, 1.165) is 21.2 Å². The average molecular weight is 432 g/mol. The van der Waals surface area contributed by atoms with Crippen LogP contribution in [0.4, 0.5) is 0 Å². The van der Waals surface area contributed by atoms with Crippen LogP contribution in [0.25, 0.3) is 11.5 Å². The fourth-order valence-corrected chi connectivity index (χ4v) is 3.32. The molecule has 3 aromatic rings. The monoisotopic (exact) mass is 431 g/mol. The van der Waals surface area contributed by atoms with Crippen LogP contribution in [-0.4, -0.2) is 33.8 Å². The van der Waals surface area contributed by atoms with Crippen LogP contribution in [0.1, 0.15) is 11.1 Å². The number of aryl methyl sites for hydroxylation is 1. The summed E-state index contributed by atoms with van der Waals surface area (Å²) in [5.74, 6) is 0.725. The molecule has 134 valence electrons. The van der Waals surface area contributed by atoms with Crippen molar-refractivity contribution >= 4 is 33.6 Å². The minimum atomic E-state index is 0.00762. The lowest BCUT2D eigenvalue weighted by Gasteiger charge is -2.16. The lowest BCUT2D eigenvalue weighted by Crippen LogP contribution is -2.27. The van der Waals surface area contributed by atoms with Gasteiger partial charge in [0.1, 0.15) is 0 Å². The summed E-state index contributed by atoms with van der Waals surface area (Å²) >= 11 is 4.66. The number of benzene rings is 2. The summed E-state index contributed by atoms with van der Waals surface area (Å²) in [7, 11) is 1.79. The Morgan fingerprint density at radius 2 is 1.96 bits per heavy atom. The van der Waals surface area contributed by atoms with Gasteiger partial charge in [0.05, 0.1) is 5.75 Å². The van der Waals surface area contributed by atoms with Crippen LogP contribution in [-0.2, 0) is 11.3 Å². The second-order valence-electron chi connectivity index (χ2n) is 5.91. The Morgan fingerprint density at radius 1 is 1.19 bits per heavy atom. The van der Waals surface area contributed by atoms with Crippen molar-refractivity contribution in [1.82, 2.24) is 15.1 Å².